The quantitative estimate of drug-likeness (QED) is 0.870. The summed E-state index contributed by atoms with van der Waals surface area (Å²) < 4.78 is 36.6. The Morgan fingerprint density at radius 2 is 2.00 bits per heavy atom. The second kappa shape index (κ2) is 4.96. The molecule has 0 aliphatic rings. The van der Waals surface area contributed by atoms with E-state index in [9.17, 15) is 18.0 Å². The summed E-state index contributed by atoms with van der Waals surface area (Å²) in [6.45, 7) is 3.46. The second-order valence-electron chi connectivity index (χ2n) is 3.67. The Bertz CT molecular complexity index is 404. The van der Waals surface area contributed by atoms with Crippen LogP contribution >= 0.6 is 11.3 Å². The first kappa shape index (κ1) is 13.8. The van der Waals surface area contributed by atoms with Gasteiger partial charge in [0, 0.05) is 0 Å². The lowest BCUT2D eigenvalue weighted by molar-refractivity contribution is -0.138. The summed E-state index contributed by atoms with van der Waals surface area (Å²) in [7, 11) is 0. The number of nitrogens with zero attached hydrogens (tertiary/aromatic N) is 2. The number of hydrogen-bond donors (Lipinski definition) is 2. The Balaban J connectivity index is 2.71. The molecule has 0 radical (unpaired) electrons. The highest BCUT2D eigenvalue weighted by Crippen LogP contribution is 2.32. The molecule has 9 heteroatoms. The molecule has 0 aromatic carbocycles. The molecule has 0 aliphatic heterocycles. The Labute approximate surface area is 99.2 Å². The zero-order chi connectivity index (χ0) is 13.2. The van der Waals surface area contributed by atoms with E-state index in [2.05, 4.69) is 15.5 Å². The minimum absolute atomic E-state index is 0.120. The van der Waals surface area contributed by atoms with Gasteiger partial charge in [-0.3, -0.25) is 10.1 Å². The number of halogens is 3. The van der Waals surface area contributed by atoms with E-state index in [4.69, 9.17) is 5.73 Å². The van der Waals surface area contributed by atoms with Gasteiger partial charge in [-0.25, -0.2) is 0 Å². The minimum Gasteiger partial charge on any atom is -0.320 e. The van der Waals surface area contributed by atoms with Crippen molar-refractivity contribution >= 4 is 22.4 Å². The number of nitrogens with one attached hydrogen (secondary N) is 1. The van der Waals surface area contributed by atoms with Gasteiger partial charge in [0.15, 0.2) is 0 Å². The van der Waals surface area contributed by atoms with Crippen molar-refractivity contribution in [1.29, 1.82) is 0 Å². The fraction of sp³-hybridized carbons (Fsp3) is 0.625. The number of rotatable bonds is 3. The van der Waals surface area contributed by atoms with Crippen LogP contribution in [0.1, 0.15) is 18.9 Å². The van der Waals surface area contributed by atoms with Crippen molar-refractivity contribution in [3.8, 4) is 0 Å². The van der Waals surface area contributed by atoms with Crippen molar-refractivity contribution in [1.82, 2.24) is 10.2 Å². The molecule has 1 atom stereocenters. The third-order valence-corrected chi connectivity index (χ3v) is 2.80. The predicted molar refractivity (Wildman–Crippen MR) is 56.4 cm³/mol. The number of anilines is 1. The average Bonchev–Trinajstić information content (AvgIpc) is 2.64. The van der Waals surface area contributed by atoms with Gasteiger partial charge in [0.25, 0.3) is 0 Å². The van der Waals surface area contributed by atoms with E-state index in [0.717, 1.165) is 0 Å². The van der Waals surface area contributed by atoms with Crippen LogP contribution in [0.25, 0.3) is 0 Å². The molecular formula is C8H11F3N4OS. The lowest BCUT2D eigenvalue weighted by Gasteiger charge is -2.13. The van der Waals surface area contributed by atoms with Crippen molar-refractivity contribution < 1.29 is 18.0 Å². The Hall–Kier alpha value is -1.22. The average molecular weight is 268 g/mol. The maximum absolute atomic E-state index is 12.2. The summed E-state index contributed by atoms with van der Waals surface area (Å²) in [5.41, 5.74) is 5.52. The van der Waals surface area contributed by atoms with Crippen molar-refractivity contribution in [2.24, 2.45) is 11.7 Å². The molecule has 0 spiro atoms. The van der Waals surface area contributed by atoms with Gasteiger partial charge < -0.3 is 5.73 Å². The second-order valence-corrected chi connectivity index (χ2v) is 4.65. The van der Waals surface area contributed by atoms with Crippen molar-refractivity contribution in [2.45, 2.75) is 26.1 Å². The van der Waals surface area contributed by atoms with Crippen molar-refractivity contribution in [2.75, 3.05) is 5.32 Å². The lowest BCUT2D eigenvalue weighted by atomic mass is 10.1. The van der Waals surface area contributed by atoms with Gasteiger partial charge in [-0.15, -0.1) is 10.2 Å². The van der Waals surface area contributed by atoms with E-state index in [-0.39, 0.29) is 22.4 Å². The van der Waals surface area contributed by atoms with Gasteiger partial charge in [-0.1, -0.05) is 25.2 Å². The zero-order valence-electron chi connectivity index (χ0n) is 9.08. The molecule has 0 fully saturated rings. The van der Waals surface area contributed by atoms with Gasteiger partial charge in [0.1, 0.15) is 0 Å². The van der Waals surface area contributed by atoms with Gasteiger partial charge in [0.05, 0.1) is 6.04 Å². The third kappa shape index (κ3) is 3.63. The standard InChI is InChI=1S/C8H11F3N4OS/c1-3(2)4(12)5(16)13-7-15-14-6(17-7)8(9,10)11/h3-4H,12H2,1-2H3,(H,13,15,16)/t4-/m0/s1. The van der Waals surface area contributed by atoms with Crippen LogP contribution in [0.4, 0.5) is 18.3 Å². The molecule has 0 bridgehead atoms. The van der Waals surface area contributed by atoms with Gasteiger partial charge in [-0.05, 0) is 5.92 Å². The van der Waals surface area contributed by atoms with Crippen molar-refractivity contribution in [3.05, 3.63) is 5.01 Å². The lowest BCUT2D eigenvalue weighted by Crippen LogP contribution is -2.39. The van der Waals surface area contributed by atoms with Crippen LogP contribution in [0.2, 0.25) is 0 Å². The van der Waals surface area contributed by atoms with Crippen LogP contribution in [0.15, 0.2) is 0 Å². The molecule has 3 N–H and O–H groups in total. The highest BCUT2D eigenvalue weighted by atomic mass is 32.1. The molecule has 1 aromatic heterocycles. The molecule has 1 rings (SSSR count). The first-order valence-electron chi connectivity index (χ1n) is 4.69. The zero-order valence-corrected chi connectivity index (χ0v) is 9.89. The number of alkyl halides is 3. The van der Waals surface area contributed by atoms with Crippen molar-refractivity contribution in [3.63, 3.8) is 0 Å². The molecular weight excluding hydrogens is 257 g/mol. The van der Waals surface area contributed by atoms with Crippen LogP contribution in [-0.2, 0) is 11.0 Å². The fourth-order valence-electron chi connectivity index (χ4n) is 0.880. The number of amides is 1. The predicted octanol–water partition coefficient (Wildman–Crippen LogP) is 1.48. The highest BCUT2D eigenvalue weighted by Gasteiger charge is 2.36. The number of hydrogen-bond acceptors (Lipinski definition) is 5. The van der Waals surface area contributed by atoms with E-state index in [1.54, 1.807) is 13.8 Å². The summed E-state index contributed by atoms with van der Waals surface area (Å²) in [6.07, 6.45) is -4.55. The largest absolute Gasteiger partial charge is 0.445 e. The van der Waals surface area contributed by atoms with Crippen LogP contribution in [0, 0.1) is 5.92 Å². The fourth-order valence-corrected chi connectivity index (χ4v) is 1.49. The van der Waals surface area contributed by atoms with E-state index in [1.165, 1.54) is 0 Å². The molecule has 1 aromatic rings. The van der Waals surface area contributed by atoms with Gasteiger partial charge in [0.2, 0.25) is 16.0 Å². The number of carbonyl (C=O) groups excluding carboxylic acids is 1. The summed E-state index contributed by atoms with van der Waals surface area (Å²) in [4.78, 5) is 11.4. The first-order valence-corrected chi connectivity index (χ1v) is 5.50. The number of carbonyl (C=O) groups is 1. The van der Waals surface area contributed by atoms with Gasteiger partial charge >= 0.3 is 6.18 Å². The topological polar surface area (TPSA) is 80.9 Å². The summed E-state index contributed by atoms with van der Waals surface area (Å²) in [6, 6.07) is -0.798. The monoisotopic (exact) mass is 268 g/mol. The minimum atomic E-state index is -4.55. The maximum atomic E-state index is 12.2. The van der Waals surface area contributed by atoms with Crippen LogP contribution < -0.4 is 11.1 Å². The highest BCUT2D eigenvalue weighted by molar-refractivity contribution is 7.15. The van der Waals surface area contributed by atoms with Crippen LogP contribution in [0.3, 0.4) is 0 Å². The summed E-state index contributed by atoms with van der Waals surface area (Å²) >= 11 is 0.263. The van der Waals surface area contributed by atoms with E-state index >= 15 is 0 Å². The van der Waals surface area contributed by atoms with E-state index < -0.39 is 23.1 Å². The van der Waals surface area contributed by atoms with E-state index in [0.29, 0.717) is 0 Å². The van der Waals surface area contributed by atoms with Gasteiger partial charge in [-0.2, -0.15) is 13.2 Å². The summed E-state index contributed by atoms with van der Waals surface area (Å²) in [5.74, 6) is -0.699. The first-order chi connectivity index (χ1) is 7.71. The molecule has 5 nitrogen and oxygen atoms in total. The molecule has 1 amide bonds. The molecule has 0 unspecified atom stereocenters. The normalized spacial score (nSPS) is 13.8. The number of nitrogens with two attached hydrogens (primary N) is 1. The number of aromatic nitrogens is 2. The Morgan fingerprint density at radius 1 is 1.41 bits per heavy atom. The summed E-state index contributed by atoms with van der Waals surface area (Å²) in [5, 5.41) is 7.04. The van der Waals surface area contributed by atoms with Crippen LogP contribution in [-0.4, -0.2) is 22.1 Å². The molecule has 96 valence electrons. The molecule has 0 aliphatic carbocycles. The third-order valence-electron chi connectivity index (χ3n) is 1.92. The molecule has 0 saturated heterocycles. The molecule has 1 heterocycles. The SMILES string of the molecule is CC(C)[C@H](N)C(=O)Nc1nnc(C(F)(F)F)s1. The Kier molecular flexibility index (Phi) is 4.04. The molecule has 0 saturated carbocycles. The van der Waals surface area contributed by atoms with Crippen LogP contribution in [0.5, 0.6) is 0 Å². The molecule has 17 heavy (non-hydrogen) atoms. The van der Waals surface area contributed by atoms with E-state index in [1.807, 2.05) is 0 Å². The maximum Gasteiger partial charge on any atom is 0.445 e. The smallest absolute Gasteiger partial charge is 0.320 e. The Morgan fingerprint density at radius 3 is 2.41 bits per heavy atom.